The molecule has 1 aromatic carbocycles. The van der Waals surface area contributed by atoms with Crippen LogP contribution < -0.4 is 10.7 Å². The van der Waals surface area contributed by atoms with E-state index in [2.05, 4.69) is 28.5 Å². The summed E-state index contributed by atoms with van der Waals surface area (Å²) in [4.78, 5) is 24.1. The Kier molecular flexibility index (Phi) is 7.11. The van der Waals surface area contributed by atoms with Gasteiger partial charge < -0.3 is 5.32 Å². The van der Waals surface area contributed by atoms with Gasteiger partial charge in [-0.1, -0.05) is 35.9 Å². The molecule has 0 radical (unpaired) electrons. The van der Waals surface area contributed by atoms with Crippen molar-refractivity contribution in [3.8, 4) is 0 Å². The molecule has 27 heavy (non-hydrogen) atoms. The van der Waals surface area contributed by atoms with Gasteiger partial charge in [0.2, 0.25) is 11.8 Å². The van der Waals surface area contributed by atoms with Crippen molar-refractivity contribution in [3.05, 3.63) is 53.1 Å². The third kappa shape index (κ3) is 6.20. The molecule has 5 nitrogen and oxygen atoms in total. The first kappa shape index (κ1) is 20.6. The Bertz CT molecular complexity index is 806. The van der Waals surface area contributed by atoms with Crippen molar-refractivity contribution in [2.75, 3.05) is 5.32 Å². The number of carbonyl (C=O) groups is 2. The topological polar surface area (TPSA) is 70.6 Å². The molecular formula is C22H29N3O2. The van der Waals surface area contributed by atoms with Gasteiger partial charge in [-0.15, -0.1) is 0 Å². The predicted octanol–water partition coefficient (Wildman–Crippen LogP) is 4.43. The van der Waals surface area contributed by atoms with E-state index in [1.165, 1.54) is 0 Å². The largest absolute Gasteiger partial charge is 0.326 e. The van der Waals surface area contributed by atoms with Gasteiger partial charge in [0.15, 0.2) is 0 Å². The minimum Gasteiger partial charge on any atom is -0.326 e. The van der Waals surface area contributed by atoms with Crippen LogP contribution in [0.3, 0.4) is 0 Å². The highest BCUT2D eigenvalue weighted by Gasteiger charge is 2.19. The summed E-state index contributed by atoms with van der Waals surface area (Å²) in [7, 11) is 0. The van der Waals surface area contributed by atoms with Crippen LogP contribution in [0.2, 0.25) is 0 Å². The van der Waals surface area contributed by atoms with Gasteiger partial charge in [0.05, 0.1) is 5.71 Å². The van der Waals surface area contributed by atoms with Gasteiger partial charge in [0.1, 0.15) is 0 Å². The fourth-order valence-electron chi connectivity index (χ4n) is 3.00. The van der Waals surface area contributed by atoms with E-state index in [4.69, 9.17) is 0 Å². The summed E-state index contributed by atoms with van der Waals surface area (Å²) in [6, 6.07) is 5.84. The van der Waals surface area contributed by atoms with Crippen LogP contribution >= 0.6 is 0 Å². The molecule has 0 aromatic heterocycles. The van der Waals surface area contributed by atoms with Gasteiger partial charge in [-0.25, -0.2) is 5.43 Å². The van der Waals surface area contributed by atoms with Crippen molar-refractivity contribution >= 4 is 23.2 Å². The smallest absolute Gasteiger partial charge is 0.240 e. The van der Waals surface area contributed by atoms with Crippen molar-refractivity contribution in [1.82, 2.24) is 5.43 Å². The number of nitrogens with one attached hydrogen (secondary N) is 2. The lowest BCUT2D eigenvalue weighted by molar-refractivity contribution is -0.124. The molecule has 1 atom stereocenters. The summed E-state index contributed by atoms with van der Waals surface area (Å²) in [5.74, 6) is -0.0720. The lowest BCUT2D eigenvalue weighted by atomic mass is 9.85. The molecule has 0 aliphatic heterocycles. The van der Waals surface area contributed by atoms with Gasteiger partial charge in [0.25, 0.3) is 0 Å². The van der Waals surface area contributed by atoms with Crippen LogP contribution in [-0.4, -0.2) is 17.5 Å². The number of hydrogen-bond donors (Lipinski definition) is 2. The average Bonchev–Trinajstić information content (AvgIpc) is 2.61. The quantitative estimate of drug-likeness (QED) is 0.577. The summed E-state index contributed by atoms with van der Waals surface area (Å²) in [5.41, 5.74) is 8.59. The molecule has 144 valence electrons. The molecule has 0 unspecified atom stereocenters. The van der Waals surface area contributed by atoms with Crippen LogP contribution in [0.4, 0.5) is 5.69 Å². The minimum absolute atomic E-state index is 0.0974. The molecule has 0 saturated heterocycles. The van der Waals surface area contributed by atoms with Crippen molar-refractivity contribution in [2.24, 2.45) is 11.0 Å². The van der Waals surface area contributed by atoms with E-state index in [1.807, 2.05) is 45.9 Å². The molecule has 2 N–H and O–H groups in total. The number of carbonyl (C=O) groups excluding carboxylic acids is 2. The molecule has 0 fully saturated rings. The standard InChI is InChI=1S/C22H29N3O2/c1-14(2)18-8-7-16(4)20(13-18)24-25-22(27)11-10-21(26)23-19-9-6-15(3)12-17(19)5/h6-7,9,12,18H,1,8,10-11,13H2,2-5H3,(H,23,26)(H,25,27)/t18-/m0/s1. The Morgan fingerprint density at radius 2 is 1.89 bits per heavy atom. The van der Waals surface area contributed by atoms with Crippen molar-refractivity contribution < 1.29 is 9.59 Å². The van der Waals surface area contributed by atoms with Crippen LogP contribution in [-0.2, 0) is 9.59 Å². The van der Waals surface area contributed by atoms with E-state index in [-0.39, 0.29) is 24.7 Å². The van der Waals surface area contributed by atoms with Gasteiger partial charge in [-0.05, 0) is 63.7 Å². The van der Waals surface area contributed by atoms with E-state index >= 15 is 0 Å². The third-order valence-corrected chi connectivity index (χ3v) is 4.85. The second kappa shape index (κ2) is 9.31. The first-order valence-electron chi connectivity index (χ1n) is 9.31. The zero-order valence-corrected chi connectivity index (χ0v) is 16.7. The SMILES string of the molecule is C=C(C)[C@H]1CC=C(C)C(=NNC(=O)CCC(=O)Nc2ccc(C)cc2C)C1. The number of benzene rings is 1. The van der Waals surface area contributed by atoms with Gasteiger partial charge >= 0.3 is 0 Å². The zero-order chi connectivity index (χ0) is 20.0. The number of allylic oxidation sites excluding steroid dienone is 3. The highest BCUT2D eigenvalue weighted by Crippen LogP contribution is 2.26. The van der Waals surface area contributed by atoms with Crippen molar-refractivity contribution in [3.63, 3.8) is 0 Å². The molecule has 0 heterocycles. The molecule has 2 amide bonds. The lowest BCUT2D eigenvalue weighted by Crippen LogP contribution is -2.24. The molecule has 1 aromatic rings. The van der Waals surface area contributed by atoms with E-state index in [0.29, 0.717) is 5.92 Å². The summed E-state index contributed by atoms with van der Waals surface area (Å²) in [6.45, 7) is 12.0. The highest BCUT2D eigenvalue weighted by molar-refractivity contribution is 6.01. The minimum atomic E-state index is -0.261. The Morgan fingerprint density at radius 1 is 1.19 bits per heavy atom. The zero-order valence-electron chi connectivity index (χ0n) is 16.7. The predicted molar refractivity (Wildman–Crippen MR) is 111 cm³/mol. The molecular weight excluding hydrogens is 338 g/mol. The van der Waals surface area contributed by atoms with Gasteiger partial charge in [-0.3, -0.25) is 9.59 Å². The molecule has 1 aliphatic carbocycles. The maximum atomic E-state index is 12.1. The molecule has 1 aliphatic rings. The summed E-state index contributed by atoms with van der Waals surface area (Å²) >= 11 is 0. The summed E-state index contributed by atoms with van der Waals surface area (Å²) < 4.78 is 0. The number of hydrogen-bond acceptors (Lipinski definition) is 3. The van der Waals surface area contributed by atoms with Crippen LogP contribution in [0, 0.1) is 19.8 Å². The second-order valence-electron chi connectivity index (χ2n) is 7.33. The van der Waals surface area contributed by atoms with Crippen molar-refractivity contribution in [1.29, 1.82) is 0 Å². The number of hydrazone groups is 1. The highest BCUT2D eigenvalue weighted by atomic mass is 16.2. The third-order valence-electron chi connectivity index (χ3n) is 4.85. The second-order valence-corrected chi connectivity index (χ2v) is 7.33. The molecule has 5 heteroatoms. The van der Waals surface area contributed by atoms with Crippen LogP contribution in [0.5, 0.6) is 0 Å². The summed E-state index contributed by atoms with van der Waals surface area (Å²) in [5, 5.41) is 7.11. The fourth-order valence-corrected chi connectivity index (χ4v) is 3.00. The van der Waals surface area contributed by atoms with E-state index in [1.54, 1.807) is 0 Å². The average molecular weight is 367 g/mol. The number of rotatable bonds is 6. The number of anilines is 1. The molecule has 2 rings (SSSR count). The van der Waals surface area contributed by atoms with E-state index in [9.17, 15) is 9.59 Å². The van der Waals surface area contributed by atoms with Crippen LogP contribution in [0.25, 0.3) is 0 Å². The summed E-state index contributed by atoms with van der Waals surface area (Å²) in [6.07, 6.45) is 4.09. The van der Waals surface area contributed by atoms with Crippen molar-refractivity contribution in [2.45, 2.75) is 53.4 Å². The maximum absolute atomic E-state index is 12.1. The monoisotopic (exact) mass is 367 g/mol. The molecule has 0 bridgehead atoms. The normalized spacial score (nSPS) is 18.0. The van der Waals surface area contributed by atoms with Gasteiger partial charge in [0, 0.05) is 18.5 Å². The van der Waals surface area contributed by atoms with E-state index in [0.717, 1.165) is 46.5 Å². The molecule has 0 spiro atoms. The van der Waals surface area contributed by atoms with Gasteiger partial charge in [-0.2, -0.15) is 5.10 Å². The first-order chi connectivity index (χ1) is 12.8. The lowest BCUT2D eigenvalue weighted by Gasteiger charge is -2.22. The van der Waals surface area contributed by atoms with Crippen LogP contribution in [0.15, 0.2) is 47.1 Å². The number of aryl methyl sites for hydroxylation is 2. The Hall–Kier alpha value is -2.69. The molecule has 0 saturated carbocycles. The fraction of sp³-hybridized carbons (Fsp3) is 0.409. The maximum Gasteiger partial charge on any atom is 0.240 e. The van der Waals surface area contributed by atoms with Crippen LogP contribution in [0.1, 0.15) is 50.7 Å². The number of nitrogens with zero attached hydrogens (tertiary/aromatic N) is 1. The van der Waals surface area contributed by atoms with E-state index < -0.39 is 0 Å². The first-order valence-corrected chi connectivity index (χ1v) is 9.31. The number of amides is 2. The Balaban J connectivity index is 1.83. The Morgan fingerprint density at radius 3 is 2.56 bits per heavy atom. The Labute approximate surface area is 161 Å².